The third-order valence-electron chi connectivity index (χ3n) is 4.02. The molecule has 0 fully saturated rings. The molecule has 5 N–H and O–H groups in total. The highest BCUT2D eigenvalue weighted by molar-refractivity contribution is 8.16. The number of carbonyl (C=O) groups excluding carboxylic acids is 2. The van der Waals surface area contributed by atoms with E-state index in [1.807, 2.05) is 0 Å². The number of likely N-dealkylation sites (N-methyl/N-ethyl adjacent to an activating group) is 1. The number of amidine groups is 1. The first kappa shape index (κ1) is 25.7. The molecule has 0 aliphatic heterocycles. The van der Waals surface area contributed by atoms with Crippen LogP contribution in [-0.4, -0.2) is 44.8 Å². The van der Waals surface area contributed by atoms with Crippen LogP contribution in [0, 0.1) is 0 Å². The lowest BCUT2D eigenvalue weighted by Crippen LogP contribution is -2.33. The minimum absolute atomic E-state index is 0.0226. The van der Waals surface area contributed by atoms with Gasteiger partial charge < -0.3 is 26.3 Å². The van der Waals surface area contributed by atoms with Crippen molar-refractivity contribution in [2.75, 3.05) is 13.3 Å². The third-order valence-corrected chi connectivity index (χ3v) is 5.78. The van der Waals surface area contributed by atoms with E-state index in [4.69, 9.17) is 20.9 Å². The van der Waals surface area contributed by atoms with Crippen molar-refractivity contribution in [3.05, 3.63) is 59.6 Å². The summed E-state index contributed by atoms with van der Waals surface area (Å²) in [4.78, 5) is 28.4. The van der Waals surface area contributed by atoms with E-state index < -0.39 is 21.8 Å². The fourth-order valence-corrected chi connectivity index (χ4v) is 3.46. The second-order valence-electron chi connectivity index (χ2n) is 6.61. The van der Waals surface area contributed by atoms with Gasteiger partial charge in [0, 0.05) is 31.1 Å². The van der Waals surface area contributed by atoms with Gasteiger partial charge in [-0.1, -0.05) is 11.8 Å². The Morgan fingerprint density at radius 2 is 1.76 bits per heavy atom. The Morgan fingerprint density at radius 1 is 1.12 bits per heavy atom. The average molecular weight is 493 g/mol. The van der Waals surface area contributed by atoms with Gasteiger partial charge in [-0.15, -0.1) is 0 Å². The van der Waals surface area contributed by atoms with Gasteiger partial charge in [-0.2, -0.15) is 4.99 Å². The maximum Gasteiger partial charge on any atom is 0.279 e. The van der Waals surface area contributed by atoms with Crippen LogP contribution in [-0.2, 0) is 14.6 Å². The van der Waals surface area contributed by atoms with E-state index in [1.54, 1.807) is 6.92 Å². The maximum atomic E-state index is 12.6. The minimum Gasteiger partial charge on any atom is -0.481 e. The summed E-state index contributed by atoms with van der Waals surface area (Å²) in [5.74, 6) is -0.319. The lowest BCUT2D eigenvalue weighted by Gasteiger charge is -2.15. The molecule has 1 atom stereocenters. The number of rotatable bonds is 8. The molecule has 0 aliphatic rings. The molecule has 0 aliphatic carbocycles. The van der Waals surface area contributed by atoms with Gasteiger partial charge in [0.05, 0.1) is 4.90 Å². The SMILES string of the molecule is CNC(=O)C(C)Oc1cc(Oc2ccc(S(C)(=O)=O)cc2)cc(C(=O)N=C(N)S/C=C/N)c1. The molecule has 0 heterocycles. The molecule has 0 bridgehead atoms. The number of thioether (sulfide) groups is 1. The van der Waals surface area contributed by atoms with Crippen molar-refractivity contribution in [1.29, 1.82) is 0 Å². The normalized spacial score (nSPS) is 12.9. The third kappa shape index (κ3) is 7.84. The number of nitrogens with zero attached hydrogens (tertiary/aromatic N) is 1. The molecule has 10 nitrogen and oxygen atoms in total. The highest BCUT2D eigenvalue weighted by Crippen LogP contribution is 2.29. The van der Waals surface area contributed by atoms with Crippen LogP contribution in [0.4, 0.5) is 0 Å². The fourth-order valence-electron chi connectivity index (χ4n) is 2.47. The average Bonchev–Trinajstić information content (AvgIpc) is 2.76. The number of nitrogens with two attached hydrogens (primary N) is 2. The van der Waals surface area contributed by atoms with Crippen LogP contribution in [0.3, 0.4) is 0 Å². The van der Waals surface area contributed by atoms with Crippen molar-refractivity contribution in [2.24, 2.45) is 16.5 Å². The van der Waals surface area contributed by atoms with Crippen molar-refractivity contribution < 1.29 is 27.5 Å². The van der Waals surface area contributed by atoms with E-state index in [0.29, 0.717) is 5.75 Å². The lowest BCUT2D eigenvalue weighted by atomic mass is 10.2. The van der Waals surface area contributed by atoms with Crippen molar-refractivity contribution in [3.63, 3.8) is 0 Å². The van der Waals surface area contributed by atoms with E-state index in [2.05, 4.69) is 10.3 Å². The Balaban J connectivity index is 2.39. The van der Waals surface area contributed by atoms with Crippen molar-refractivity contribution >= 4 is 38.6 Å². The first-order chi connectivity index (χ1) is 15.5. The molecule has 0 saturated carbocycles. The lowest BCUT2D eigenvalue weighted by molar-refractivity contribution is -0.126. The number of hydrogen-bond donors (Lipinski definition) is 3. The van der Waals surface area contributed by atoms with Crippen LogP contribution < -0.4 is 26.3 Å². The molecule has 0 saturated heterocycles. The number of benzene rings is 2. The molecular weight excluding hydrogens is 468 g/mol. The number of hydrogen-bond acceptors (Lipinski definition) is 8. The molecule has 0 radical (unpaired) electrons. The van der Waals surface area contributed by atoms with Crippen molar-refractivity contribution in [2.45, 2.75) is 17.9 Å². The predicted molar refractivity (Wildman–Crippen MR) is 127 cm³/mol. The largest absolute Gasteiger partial charge is 0.481 e. The first-order valence-electron chi connectivity index (χ1n) is 9.46. The molecule has 0 spiro atoms. The van der Waals surface area contributed by atoms with Gasteiger partial charge in [0.1, 0.15) is 17.2 Å². The standard InChI is InChI=1S/C21H24N4O6S2/c1-13(19(26)24-2)30-16-10-14(20(27)25-21(23)32-9-8-22)11-17(12-16)31-15-4-6-18(7-5-15)33(3,28)29/h4-13H,22H2,1-3H3,(H,24,26)(H2,23,25,27)/b9-8+. The summed E-state index contributed by atoms with van der Waals surface area (Å²) >= 11 is 0.968. The molecular formula is C21H24N4O6S2. The smallest absolute Gasteiger partial charge is 0.279 e. The van der Waals surface area contributed by atoms with E-state index in [0.717, 1.165) is 18.0 Å². The minimum atomic E-state index is -3.36. The fraction of sp³-hybridized carbons (Fsp3) is 0.190. The summed E-state index contributed by atoms with van der Waals surface area (Å²) in [5.41, 5.74) is 11.1. The molecule has 0 aromatic heterocycles. The Morgan fingerprint density at radius 3 is 2.33 bits per heavy atom. The zero-order valence-corrected chi connectivity index (χ0v) is 19.8. The number of amides is 2. The Labute approximate surface area is 196 Å². The summed E-state index contributed by atoms with van der Waals surface area (Å²) in [6.07, 6.45) is 1.51. The van der Waals surface area contributed by atoms with E-state index in [-0.39, 0.29) is 33.0 Å². The van der Waals surface area contributed by atoms with Gasteiger partial charge in [0.2, 0.25) is 0 Å². The van der Waals surface area contributed by atoms with Gasteiger partial charge in [0.15, 0.2) is 21.1 Å². The zero-order chi connectivity index (χ0) is 24.6. The second kappa shape index (κ2) is 11.4. The van der Waals surface area contributed by atoms with E-state index in [9.17, 15) is 18.0 Å². The molecule has 2 aromatic carbocycles. The summed E-state index contributed by atoms with van der Waals surface area (Å²) in [7, 11) is -1.88. The van der Waals surface area contributed by atoms with Crippen LogP contribution in [0.2, 0.25) is 0 Å². The monoisotopic (exact) mass is 492 g/mol. The molecule has 33 heavy (non-hydrogen) atoms. The number of sulfone groups is 1. The molecule has 1 unspecified atom stereocenters. The van der Waals surface area contributed by atoms with Gasteiger partial charge in [-0.3, -0.25) is 9.59 Å². The molecule has 2 amide bonds. The van der Waals surface area contributed by atoms with Gasteiger partial charge in [0.25, 0.3) is 11.8 Å². The number of aliphatic imine (C=N–C) groups is 1. The summed E-state index contributed by atoms with van der Waals surface area (Å²) in [5, 5.41) is 3.91. The van der Waals surface area contributed by atoms with E-state index >= 15 is 0 Å². The zero-order valence-electron chi connectivity index (χ0n) is 18.1. The summed E-state index contributed by atoms with van der Waals surface area (Å²) in [6, 6.07) is 10.1. The molecule has 12 heteroatoms. The Hall–Kier alpha value is -3.51. The summed E-state index contributed by atoms with van der Waals surface area (Å²) in [6.45, 7) is 1.55. The van der Waals surface area contributed by atoms with Crippen molar-refractivity contribution in [3.8, 4) is 17.2 Å². The predicted octanol–water partition coefficient (Wildman–Crippen LogP) is 2.01. The van der Waals surface area contributed by atoms with Gasteiger partial charge in [-0.05, 0) is 48.7 Å². The van der Waals surface area contributed by atoms with E-state index in [1.165, 1.54) is 61.1 Å². The topological polar surface area (TPSA) is 163 Å². The highest BCUT2D eigenvalue weighted by Gasteiger charge is 2.17. The first-order valence-corrected chi connectivity index (χ1v) is 12.2. The Kier molecular flexibility index (Phi) is 8.88. The molecule has 2 rings (SSSR count). The van der Waals surface area contributed by atoms with Crippen molar-refractivity contribution in [1.82, 2.24) is 5.32 Å². The quantitative estimate of drug-likeness (QED) is 0.369. The number of carbonyl (C=O) groups is 2. The van der Waals surface area contributed by atoms with Crippen LogP contribution in [0.5, 0.6) is 17.2 Å². The van der Waals surface area contributed by atoms with Crippen LogP contribution >= 0.6 is 11.8 Å². The number of ether oxygens (including phenoxy) is 2. The molecule has 2 aromatic rings. The Bertz CT molecular complexity index is 1180. The van der Waals surface area contributed by atoms with Crippen LogP contribution in [0.1, 0.15) is 17.3 Å². The summed E-state index contributed by atoms with van der Waals surface area (Å²) < 4.78 is 34.7. The number of nitrogens with one attached hydrogen (secondary N) is 1. The van der Waals surface area contributed by atoms with Gasteiger partial charge >= 0.3 is 0 Å². The van der Waals surface area contributed by atoms with Gasteiger partial charge in [-0.25, -0.2) is 8.42 Å². The van der Waals surface area contributed by atoms with Crippen LogP contribution in [0.25, 0.3) is 0 Å². The second-order valence-corrected chi connectivity index (χ2v) is 9.56. The highest BCUT2D eigenvalue weighted by atomic mass is 32.2. The molecule has 176 valence electrons. The van der Waals surface area contributed by atoms with Crippen LogP contribution in [0.15, 0.2) is 64.0 Å². The maximum absolute atomic E-state index is 12.6.